The van der Waals surface area contributed by atoms with Gasteiger partial charge in [0.2, 0.25) is 0 Å². The average Bonchev–Trinajstić information content (AvgIpc) is 2.67. The van der Waals surface area contributed by atoms with Crippen LogP contribution in [0, 0.1) is 18.3 Å². The highest BCUT2D eigenvalue weighted by atomic mass is 16.1. The lowest BCUT2D eigenvalue weighted by Crippen LogP contribution is -2.29. The molecule has 1 N–H and O–H groups in total. The van der Waals surface area contributed by atoms with Crippen molar-refractivity contribution in [2.75, 3.05) is 0 Å². The van der Waals surface area contributed by atoms with Gasteiger partial charge in [-0.2, -0.15) is 5.26 Å². The summed E-state index contributed by atoms with van der Waals surface area (Å²) in [6.45, 7) is 2.03. The van der Waals surface area contributed by atoms with Crippen molar-refractivity contribution in [1.29, 1.82) is 5.26 Å². The first-order valence-corrected chi connectivity index (χ1v) is 8.10. The molecule has 0 fully saturated rings. The zero-order chi connectivity index (χ0) is 17.6. The predicted molar refractivity (Wildman–Crippen MR) is 98.1 cm³/mol. The summed E-state index contributed by atoms with van der Waals surface area (Å²) < 4.78 is 0. The van der Waals surface area contributed by atoms with Crippen LogP contribution in [-0.2, 0) is 0 Å². The lowest BCUT2D eigenvalue weighted by molar-refractivity contribution is 0.0943. The molecule has 0 aromatic heterocycles. The first-order valence-electron chi connectivity index (χ1n) is 8.10. The fourth-order valence-electron chi connectivity index (χ4n) is 2.71. The molecule has 0 heterocycles. The Balaban J connectivity index is 1.93. The maximum atomic E-state index is 12.7. The molecule has 1 amide bonds. The third-order valence-electron chi connectivity index (χ3n) is 4.07. The molecule has 0 aliphatic rings. The summed E-state index contributed by atoms with van der Waals surface area (Å²) in [6, 6.07) is 26.5. The van der Waals surface area contributed by atoms with E-state index in [4.69, 9.17) is 5.26 Å². The highest BCUT2D eigenvalue weighted by Crippen LogP contribution is 2.23. The van der Waals surface area contributed by atoms with Crippen molar-refractivity contribution in [2.45, 2.75) is 13.0 Å². The maximum absolute atomic E-state index is 12.7. The average molecular weight is 326 g/mol. The summed E-state index contributed by atoms with van der Waals surface area (Å²) in [4.78, 5) is 12.7. The minimum absolute atomic E-state index is 0.202. The molecule has 25 heavy (non-hydrogen) atoms. The van der Waals surface area contributed by atoms with Crippen LogP contribution >= 0.6 is 0 Å². The monoisotopic (exact) mass is 326 g/mol. The number of hydrogen-bond donors (Lipinski definition) is 1. The summed E-state index contributed by atoms with van der Waals surface area (Å²) in [5.41, 5.74) is 4.15. The fourth-order valence-corrected chi connectivity index (χ4v) is 2.71. The third-order valence-corrected chi connectivity index (χ3v) is 4.07. The molecule has 0 saturated heterocycles. The molecule has 0 spiro atoms. The number of carbonyl (C=O) groups excluding carboxylic acids is 1. The van der Waals surface area contributed by atoms with Crippen molar-refractivity contribution >= 4 is 5.91 Å². The number of amides is 1. The van der Waals surface area contributed by atoms with E-state index in [1.807, 2.05) is 61.5 Å². The summed E-state index contributed by atoms with van der Waals surface area (Å²) >= 11 is 0. The van der Waals surface area contributed by atoms with Crippen LogP contribution in [0.2, 0.25) is 0 Å². The van der Waals surface area contributed by atoms with Gasteiger partial charge in [-0.15, -0.1) is 0 Å². The number of nitrogens with zero attached hydrogens (tertiary/aromatic N) is 1. The predicted octanol–water partition coefficient (Wildman–Crippen LogP) is 4.39. The van der Waals surface area contributed by atoms with Crippen LogP contribution in [0.3, 0.4) is 0 Å². The molecule has 3 aromatic carbocycles. The van der Waals surface area contributed by atoms with Crippen molar-refractivity contribution in [2.24, 2.45) is 0 Å². The molecular formula is C22H18N2O. The molecule has 0 saturated carbocycles. The standard InChI is InChI=1S/C22H18N2O/c1-16-10-12-19(13-11-16)21(18-7-3-2-4-8-18)24-22(25)20-9-5-6-17(14-20)15-23/h2-14,21H,1H3,(H,24,25). The number of carbonyl (C=O) groups is 1. The minimum atomic E-state index is -0.250. The second-order valence-corrected chi connectivity index (χ2v) is 5.92. The van der Waals surface area contributed by atoms with E-state index >= 15 is 0 Å². The van der Waals surface area contributed by atoms with E-state index in [9.17, 15) is 4.79 Å². The molecule has 122 valence electrons. The van der Waals surface area contributed by atoms with Crippen molar-refractivity contribution < 1.29 is 4.79 Å². The van der Waals surface area contributed by atoms with E-state index in [2.05, 4.69) is 11.4 Å². The van der Waals surface area contributed by atoms with Crippen molar-refractivity contribution in [3.63, 3.8) is 0 Å². The Morgan fingerprint density at radius 1 is 0.920 bits per heavy atom. The molecule has 0 aliphatic carbocycles. The van der Waals surface area contributed by atoms with Crippen molar-refractivity contribution in [3.05, 3.63) is 107 Å². The summed E-state index contributed by atoms with van der Waals surface area (Å²) in [7, 11) is 0. The maximum Gasteiger partial charge on any atom is 0.252 e. The lowest BCUT2D eigenvalue weighted by atomic mass is 9.97. The molecule has 0 aliphatic heterocycles. The SMILES string of the molecule is Cc1ccc(C(NC(=O)c2cccc(C#N)c2)c2ccccc2)cc1. The number of nitrogens with one attached hydrogen (secondary N) is 1. The molecule has 0 radical (unpaired) electrons. The van der Waals surface area contributed by atoms with Gasteiger partial charge in [-0.1, -0.05) is 66.2 Å². The van der Waals surface area contributed by atoms with Gasteiger partial charge in [0.15, 0.2) is 0 Å². The summed E-state index contributed by atoms with van der Waals surface area (Å²) in [5.74, 6) is -0.202. The first kappa shape index (κ1) is 16.5. The number of hydrogen-bond acceptors (Lipinski definition) is 2. The van der Waals surface area contributed by atoms with E-state index in [0.717, 1.165) is 11.1 Å². The largest absolute Gasteiger partial charge is 0.341 e. The Morgan fingerprint density at radius 2 is 1.60 bits per heavy atom. The van der Waals surface area contributed by atoms with Gasteiger partial charge < -0.3 is 5.32 Å². The van der Waals surface area contributed by atoms with E-state index < -0.39 is 0 Å². The lowest BCUT2D eigenvalue weighted by Gasteiger charge is -2.20. The molecule has 3 rings (SSSR count). The number of rotatable bonds is 4. The van der Waals surface area contributed by atoms with Gasteiger partial charge >= 0.3 is 0 Å². The zero-order valence-corrected chi connectivity index (χ0v) is 13.9. The molecule has 1 atom stereocenters. The Kier molecular flexibility index (Phi) is 4.92. The highest BCUT2D eigenvalue weighted by molar-refractivity contribution is 5.95. The zero-order valence-electron chi connectivity index (χ0n) is 13.9. The van der Waals surface area contributed by atoms with Crippen LogP contribution in [0.4, 0.5) is 0 Å². The highest BCUT2D eigenvalue weighted by Gasteiger charge is 2.17. The molecular weight excluding hydrogens is 308 g/mol. The van der Waals surface area contributed by atoms with Crippen LogP contribution in [-0.4, -0.2) is 5.91 Å². The molecule has 3 nitrogen and oxygen atoms in total. The van der Waals surface area contributed by atoms with Crippen LogP contribution < -0.4 is 5.32 Å². The van der Waals surface area contributed by atoms with Gasteiger partial charge in [0, 0.05) is 5.56 Å². The quantitative estimate of drug-likeness (QED) is 0.773. The van der Waals surface area contributed by atoms with Crippen LogP contribution in [0.5, 0.6) is 0 Å². The minimum Gasteiger partial charge on any atom is -0.341 e. The number of benzene rings is 3. The van der Waals surface area contributed by atoms with Crippen LogP contribution in [0.15, 0.2) is 78.9 Å². The van der Waals surface area contributed by atoms with E-state index in [-0.39, 0.29) is 11.9 Å². The van der Waals surface area contributed by atoms with Gasteiger partial charge in [0.25, 0.3) is 5.91 Å². The van der Waals surface area contributed by atoms with E-state index in [0.29, 0.717) is 11.1 Å². The Bertz CT molecular complexity index is 909. The molecule has 3 aromatic rings. The number of nitriles is 1. The first-order chi connectivity index (χ1) is 12.2. The number of aryl methyl sites for hydroxylation is 1. The third kappa shape index (κ3) is 3.94. The molecule has 3 heteroatoms. The van der Waals surface area contributed by atoms with Crippen molar-refractivity contribution in [1.82, 2.24) is 5.32 Å². The van der Waals surface area contributed by atoms with E-state index in [1.165, 1.54) is 5.56 Å². The summed E-state index contributed by atoms with van der Waals surface area (Å²) in [5, 5.41) is 12.1. The Hall–Kier alpha value is -3.38. The molecule has 0 bridgehead atoms. The smallest absolute Gasteiger partial charge is 0.252 e. The molecule has 1 unspecified atom stereocenters. The summed E-state index contributed by atoms with van der Waals surface area (Å²) in [6.07, 6.45) is 0. The normalized spacial score (nSPS) is 11.4. The van der Waals surface area contributed by atoms with Gasteiger partial charge in [-0.05, 0) is 36.2 Å². The second kappa shape index (κ2) is 7.46. The van der Waals surface area contributed by atoms with Gasteiger partial charge in [0.05, 0.1) is 17.7 Å². The topological polar surface area (TPSA) is 52.9 Å². The van der Waals surface area contributed by atoms with Gasteiger partial charge in [-0.25, -0.2) is 0 Å². The van der Waals surface area contributed by atoms with Gasteiger partial charge in [0.1, 0.15) is 0 Å². The van der Waals surface area contributed by atoms with Crippen LogP contribution in [0.25, 0.3) is 0 Å². The Labute approximate surface area is 147 Å². The van der Waals surface area contributed by atoms with Crippen molar-refractivity contribution in [3.8, 4) is 6.07 Å². The van der Waals surface area contributed by atoms with Gasteiger partial charge in [-0.3, -0.25) is 4.79 Å². The van der Waals surface area contributed by atoms with E-state index in [1.54, 1.807) is 24.3 Å². The second-order valence-electron chi connectivity index (χ2n) is 5.92. The fraction of sp³-hybridized carbons (Fsp3) is 0.0909. The van der Waals surface area contributed by atoms with Crippen LogP contribution in [0.1, 0.15) is 38.7 Å². The Morgan fingerprint density at radius 3 is 2.28 bits per heavy atom.